The molecule has 0 aliphatic carbocycles. The molecule has 1 rings (SSSR count). The van der Waals surface area contributed by atoms with Crippen molar-refractivity contribution in [2.45, 2.75) is 19.3 Å². The summed E-state index contributed by atoms with van der Waals surface area (Å²) in [5.41, 5.74) is 0. The zero-order valence-corrected chi connectivity index (χ0v) is 9.50. The third-order valence-electron chi connectivity index (χ3n) is 2.27. The van der Waals surface area contributed by atoms with Crippen molar-refractivity contribution in [2.24, 2.45) is 5.92 Å². The third kappa shape index (κ3) is 4.81. The molecule has 0 radical (unpaired) electrons. The van der Waals surface area contributed by atoms with E-state index in [2.05, 4.69) is 17.9 Å². The number of hydrogen-bond donors (Lipinski definition) is 2. The highest BCUT2D eigenvalue weighted by molar-refractivity contribution is 7.99. The number of carbonyl (C=O) groups is 1. The minimum absolute atomic E-state index is 0.147. The molecular formula is C9H17NOS2. The summed E-state index contributed by atoms with van der Waals surface area (Å²) in [5, 5.41) is 2.96. The van der Waals surface area contributed by atoms with Gasteiger partial charge in [0, 0.05) is 13.0 Å². The molecule has 1 fully saturated rings. The maximum Gasteiger partial charge on any atom is 0.220 e. The largest absolute Gasteiger partial charge is 0.356 e. The fourth-order valence-electron chi connectivity index (χ4n) is 1.40. The van der Waals surface area contributed by atoms with Gasteiger partial charge in [0.05, 0.1) is 0 Å². The number of thioether (sulfide) groups is 1. The molecular weight excluding hydrogens is 202 g/mol. The van der Waals surface area contributed by atoms with E-state index in [1.54, 1.807) is 0 Å². The first-order chi connectivity index (χ1) is 6.33. The summed E-state index contributed by atoms with van der Waals surface area (Å²) in [7, 11) is 0. The molecule has 13 heavy (non-hydrogen) atoms. The number of amides is 1. The van der Waals surface area contributed by atoms with Crippen molar-refractivity contribution in [2.75, 3.05) is 23.8 Å². The molecule has 0 spiro atoms. The van der Waals surface area contributed by atoms with Crippen molar-refractivity contribution in [3.8, 4) is 0 Å². The van der Waals surface area contributed by atoms with E-state index in [4.69, 9.17) is 0 Å². The Morgan fingerprint density at radius 2 is 2.15 bits per heavy atom. The van der Waals surface area contributed by atoms with Crippen molar-refractivity contribution in [1.82, 2.24) is 5.32 Å². The van der Waals surface area contributed by atoms with Gasteiger partial charge in [-0.1, -0.05) is 0 Å². The van der Waals surface area contributed by atoms with Gasteiger partial charge in [0.2, 0.25) is 5.91 Å². The number of thiol groups is 1. The lowest BCUT2D eigenvalue weighted by Crippen LogP contribution is -2.30. The molecule has 0 bridgehead atoms. The minimum atomic E-state index is 0.147. The first-order valence-electron chi connectivity index (χ1n) is 4.78. The SMILES string of the molecule is O=C(CCS)NCC1CCSCC1. The molecule has 0 saturated carbocycles. The second kappa shape index (κ2) is 6.60. The second-order valence-electron chi connectivity index (χ2n) is 3.33. The van der Waals surface area contributed by atoms with Crippen molar-refractivity contribution in [3.05, 3.63) is 0 Å². The van der Waals surface area contributed by atoms with E-state index in [1.165, 1.54) is 24.3 Å². The fourth-order valence-corrected chi connectivity index (χ4v) is 2.81. The Bertz CT molecular complexity index is 158. The van der Waals surface area contributed by atoms with Crippen LogP contribution in [0.1, 0.15) is 19.3 Å². The van der Waals surface area contributed by atoms with E-state index >= 15 is 0 Å². The van der Waals surface area contributed by atoms with Crippen molar-refractivity contribution >= 4 is 30.3 Å². The van der Waals surface area contributed by atoms with Crippen molar-refractivity contribution in [1.29, 1.82) is 0 Å². The Morgan fingerprint density at radius 1 is 1.46 bits per heavy atom. The van der Waals surface area contributed by atoms with Gasteiger partial charge in [0.1, 0.15) is 0 Å². The smallest absolute Gasteiger partial charge is 0.220 e. The van der Waals surface area contributed by atoms with Gasteiger partial charge < -0.3 is 5.32 Å². The van der Waals surface area contributed by atoms with Gasteiger partial charge in [-0.3, -0.25) is 4.79 Å². The summed E-state index contributed by atoms with van der Waals surface area (Å²) in [6.45, 7) is 0.868. The van der Waals surface area contributed by atoms with Crippen LogP contribution in [0.15, 0.2) is 0 Å². The highest BCUT2D eigenvalue weighted by atomic mass is 32.2. The first-order valence-corrected chi connectivity index (χ1v) is 6.57. The fraction of sp³-hybridized carbons (Fsp3) is 0.889. The summed E-state index contributed by atoms with van der Waals surface area (Å²) in [4.78, 5) is 11.1. The predicted molar refractivity (Wildman–Crippen MR) is 61.5 cm³/mol. The van der Waals surface area contributed by atoms with E-state index in [1.807, 2.05) is 11.8 Å². The number of hydrogen-bond acceptors (Lipinski definition) is 3. The van der Waals surface area contributed by atoms with Crippen LogP contribution in [0, 0.1) is 5.92 Å². The lowest BCUT2D eigenvalue weighted by atomic mass is 10.0. The molecule has 0 atom stereocenters. The number of carbonyl (C=O) groups excluding carboxylic acids is 1. The number of rotatable bonds is 4. The quantitative estimate of drug-likeness (QED) is 0.703. The van der Waals surface area contributed by atoms with Crippen LogP contribution in [0.4, 0.5) is 0 Å². The highest BCUT2D eigenvalue weighted by Crippen LogP contribution is 2.21. The molecule has 4 heteroatoms. The lowest BCUT2D eigenvalue weighted by Gasteiger charge is -2.21. The zero-order chi connectivity index (χ0) is 9.52. The molecule has 0 aromatic heterocycles. The Morgan fingerprint density at radius 3 is 2.77 bits per heavy atom. The average molecular weight is 219 g/mol. The molecule has 1 N–H and O–H groups in total. The Balaban J connectivity index is 2.06. The molecule has 0 aromatic carbocycles. The van der Waals surface area contributed by atoms with E-state index < -0.39 is 0 Å². The Hall–Kier alpha value is 0.170. The molecule has 1 heterocycles. The number of nitrogens with one attached hydrogen (secondary N) is 1. The maximum atomic E-state index is 11.1. The molecule has 1 aliphatic rings. The maximum absolute atomic E-state index is 11.1. The Kier molecular flexibility index (Phi) is 5.71. The minimum Gasteiger partial charge on any atom is -0.356 e. The van der Waals surface area contributed by atoms with Crippen LogP contribution in [0.2, 0.25) is 0 Å². The van der Waals surface area contributed by atoms with E-state index in [-0.39, 0.29) is 5.91 Å². The summed E-state index contributed by atoms with van der Waals surface area (Å²) in [6, 6.07) is 0. The molecule has 76 valence electrons. The van der Waals surface area contributed by atoms with Gasteiger partial charge in [0.25, 0.3) is 0 Å². The first kappa shape index (κ1) is 11.2. The molecule has 1 aliphatic heterocycles. The van der Waals surface area contributed by atoms with E-state index in [0.29, 0.717) is 18.1 Å². The van der Waals surface area contributed by atoms with Gasteiger partial charge >= 0.3 is 0 Å². The molecule has 0 aromatic rings. The van der Waals surface area contributed by atoms with Crippen molar-refractivity contribution < 1.29 is 4.79 Å². The molecule has 0 unspecified atom stereocenters. The van der Waals surface area contributed by atoms with Crippen LogP contribution in [0.5, 0.6) is 0 Å². The monoisotopic (exact) mass is 219 g/mol. The van der Waals surface area contributed by atoms with Crippen LogP contribution in [0.25, 0.3) is 0 Å². The standard InChI is InChI=1S/C9H17NOS2/c11-9(1-4-12)10-7-8-2-5-13-6-3-8/h8,12H,1-7H2,(H,10,11). The van der Waals surface area contributed by atoms with Gasteiger partial charge in [0.15, 0.2) is 0 Å². The summed E-state index contributed by atoms with van der Waals surface area (Å²) < 4.78 is 0. The van der Waals surface area contributed by atoms with E-state index in [9.17, 15) is 4.79 Å². The average Bonchev–Trinajstić information content (AvgIpc) is 2.17. The second-order valence-corrected chi connectivity index (χ2v) is 5.01. The van der Waals surface area contributed by atoms with Crippen molar-refractivity contribution in [3.63, 3.8) is 0 Å². The third-order valence-corrected chi connectivity index (χ3v) is 3.54. The van der Waals surface area contributed by atoms with Gasteiger partial charge in [-0.15, -0.1) is 0 Å². The summed E-state index contributed by atoms with van der Waals surface area (Å²) in [6.07, 6.45) is 3.06. The van der Waals surface area contributed by atoms with Crippen LogP contribution < -0.4 is 5.32 Å². The van der Waals surface area contributed by atoms with Gasteiger partial charge in [-0.25, -0.2) is 0 Å². The van der Waals surface area contributed by atoms with Gasteiger partial charge in [-0.2, -0.15) is 24.4 Å². The summed E-state index contributed by atoms with van der Waals surface area (Å²) in [5.74, 6) is 4.02. The van der Waals surface area contributed by atoms with Crippen LogP contribution in [-0.4, -0.2) is 29.7 Å². The molecule has 2 nitrogen and oxygen atoms in total. The normalized spacial score (nSPS) is 18.5. The van der Waals surface area contributed by atoms with Crippen LogP contribution in [0.3, 0.4) is 0 Å². The Labute approximate surface area is 89.6 Å². The predicted octanol–water partition coefficient (Wildman–Crippen LogP) is 1.57. The highest BCUT2D eigenvalue weighted by Gasteiger charge is 2.13. The topological polar surface area (TPSA) is 29.1 Å². The summed E-state index contributed by atoms with van der Waals surface area (Å²) >= 11 is 6.03. The molecule has 1 saturated heterocycles. The zero-order valence-electron chi connectivity index (χ0n) is 7.79. The lowest BCUT2D eigenvalue weighted by molar-refractivity contribution is -0.120. The molecule has 1 amide bonds. The van der Waals surface area contributed by atoms with Crippen LogP contribution in [-0.2, 0) is 4.79 Å². The van der Waals surface area contributed by atoms with E-state index in [0.717, 1.165) is 6.54 Å². The van der Waals surface area contributed by atoms with Crippen LogP contribution >= 0.6 is 24.4 Å². The van der Waals surface area contributed by atoms with Gasteiger partial charge in [-0.05, 0) is 36.0 Å².